The Hall–Kier alpha value is -2.10. The Kier molecular flexibility index (Phi) is 3.31. The molecule has 0 radical (unpaired) electrons. The van der Waals surface area contributed by atoms with Crippen molar-refractivity contribution >= 4 is 5.91 Å². The monoisotopic (exact) mass is 339 g/mol. The number of rotatable bonds is 3. The number of benzene rings is 1. The fraction of sp³-hybridized carbons (Fsp3) is 0.476. The first-order valence-electron chi connectivity index (χ1n) is 9.27. The Morgan fingerprint density at radius 2 is 1.56 bits per heavy atom. The van der Waals surface area contributed by atoms with Crippen molar-refractivity contribution in [1.82, 2.24) is 5.32 Å². The standard InChI is InChI=1S/C21H22FNO2/c22-17-3-1-16(2-4-17)18-5-6-19(25-18)20(24)23-21-10-13-7-14(11-21)9-15(8-13)12-21/h1-6,13-15H,7-12H2,(H,23,24). The summed E-state index contributed by atoms with van der Waals surface area (Å²) in [5.41, 5.74) is 0.754. The highest BCUT2D eigenvalue weighted by molar-refractivity contribution is 5.92. The van der Waals surface area contributed by atoms with Crippen molar-refractivity contribution in [2.45, 2.75) is 44.1 Å². The average molecular weight is 339 g/mol. The Bertz CT molecular complexity index is 772. The van der Waals surface area contributed by atoms with Crippen LogP contribution in [0.25, 0.3) is 11.3 Å². The lowest BCUT2D eigenvalue weighted by molar-refractivity contribution is -0.0171. The summed E-state index contributed by atoms with van der Waals surface area (Å²) in [5.74, 6) is 2.91. The molecule has 0 saturated heterocycles. The summed E-state index contributed by atoms with van der Waals surface area (Å²) in [4.78, 5) is 12.8. The molecule has 1 aromatic heterocycles. The highest BCUT2D eigenvalue weighted by atomic mass is 19.1. The number of hydrogen-bond acceptors (Lipinski definition) is 2. The van der Waals surface area contributed by atoms with Gasteiger partial charge < -0.3 is 9.73 Å². The van der Waals surface area contributed by atoms with Gasteiger partial charge in [-0.05, 0) is 92.7 Å². The lowest BCUT2D eigenvalue weighted by atomic mass is 9.53. The number of nitrogens with one attached hydrogen (secondary N) is 1. The highest BCUT2D eigenvalue weighted by Crippen LogP contribution is 2.55. The van der Waals surface area contributed by atoms with Gasteiger partial charge in [-0.15, -0.1) is 0 Å². The largest absolute Gasteiger partial charge is 0.451 e. The Balaban J connectivity index is 1.34. The van der Waals surface area contributed by atoms with Gasteiger partial charge >= 0.3 is 0 Å². The van der Waals surface area contributed by atoms with Crippen LogP contribution in [0.2, 0.25) is 0 Å². The van der Waals surface area contributed by atoms with E-state index < -0.39 is 0 Å². The number of halogens is 1. The van der Waals surface area contributed by atoms with E-state index in [4.69, 9.17) is 4.42 Å². The van der Waals surface area contributed by atoms with E-state index in [1.54, 1.807) is 24.3 Å². The maximum absolute atomic E-state index is 13.1. The first-order valence-corrected chi connectivity index (χ1v) is 9.27. The molecule has 1 amide bonds. The maximum Gasteiger partial charge on any atom is 0.287 e. The fourth-order valence-corrected chi connectivity index (χ4v) is 5.80. The van der Waals surface area contributed by atoms with Gasteiger partial charge in [0, 0.05) is 11.1 Å². The molecule has 25 heavy (non-hydrogen) atoms. The van der Waals surface area contributed by atoms with Gasteiger partial charge in [0.25, 0.3) is 5.91 Å². The molecule has 130 valence electrons. The van der Waals surface area contributed by atoms with Crippen LogP contribution < -0.4 is 5.32 Å². The SMILES string of the molecule is O=C(NC12CC3CC(CC(C3)C1)C2)c1ccc(-c2ccc(F)cc2)o1. The summed E-state index contributed by atoms with van der Waals surface area (Å²) in [6, 6.07) is 9.61. The van der Waals surface area contributed by atoms with Crippen LogP contribution in [-0.4, -0.2) is 11.4 Å². The third kappa shape index (κ3) is 2.68. The first kappa shape index (κ1) is 15.2. The van der Waals surface area contributed by atoms with Gasteiger partial charge in [0.1, 0.15) is 11.6 Å². The molecule has 0 atom stereocenters. The molecule has 4 aliphatic rings. The topological polar surface area (TPSA) is 42.2 Å². The molecule has 0 spiro atoms. The van der Waals surface area contributed by atoms with E-state index in [2.05, 4.69) is 5.32 Å². The summed E-state index contributed by atoms with van der Waals surface area (Å²) < 4.78 is 18.8. The van der Waals surface area contributed by atoms with Crippen molar-refractivity contribution in [3.05, 3.63) is 48.0 Å². The first-order chi connectivity index (χ1) is 12.1. The van der Waals surface area contributed by atoms with Gasteiger partial charge in [0.05, 0.1) is 0 Å². The molecule has 6 rings (SSSR count). The van der Waals surface area contributed by atoms with Crippen molar-refractivity contribution < 1.29 is 13.6 Å². The second-order valence-electron chi connectivity index (χ2n) is 8.32. The molecule has 4 fully saturated rings. The van der Waals surface area contributed by atoms with Crippen molar-refractivity contribution in [2.75, 3.05) is 0 Å². The van der Waals surface area contributed by atoms with Gasteiger partial charge in [-0.3, -0.25) is 4.79 Å². The average Bonchev–Trinajstić information content (AvgIpc) is 3.04. The summed E-state index contributed by atoms with van der Waals surface area (Å²) in [7, 11) is 0. The Morgan fingerprint density at radius 1 is 0.960 bits per heavy atom. The molecule has 2 aromatic rings. The second-order valence-corrected chi connectivity index (χ2v) is 8.32. The summed E-state index contributed by atoms with van der Waals surface area (Å²) in [5, 5.41) is 3.32. The molecule has 4 saturated carbocycles. The van der Waals surface area contributed by atoms with Gasteiger partial charge in [-0.1, -0.05) is 0 Å². The van der Waals surface area contributed by atoms with Crippen LogP contribution >= 0.6 is 0 Å². The van der Waals surface area contributed by atoms with E-state index in [1.165, 1.54) is 31.4 Å². The quantitative estimate of drug-likeness (QED) is 0.874. The van der Waals surface area contributed by atoms with Gasteiger partial charge in [0.15, 0.2) is 5.76 Å². The predicted molar refractivity (Wildman–Crippen MR) is 92.5 cm³/mol. The predicted octanol–water partition coefficient (Wildman–Crippen LogP) is 4.78. The zero-order valence-corrected chi connectivity index (χ0v) is 14.1. The minimum atomic E-state index is -0.282. The van der Waals surface area contributed by atoms with E-state index in [0.29, 0.717) is 11.5 Å². The normalized spacial score (nSPS) is 32.8. The summed E-state index contributed by atoms with van der Waals surface area (Å²) >= 11 is 0. The van der Waals surface area contributed by atoms with E-state index in [9.17, 15) is 9.18 Å². The molecule has 4 heteroatoms. The van der Waals surface area contributed by atoms with Crippen LogP contribution in [0.15, 0.2) is 40.8 Å². The van der Waals surface area contributed by atoms with Crippen molar-refractivity contribution in [1.29, 1.82) is 0 Å². The van der Waals surface area contributed by atoms with Crippen molar-refractivity contribution in [2.24, 2.45) is 17.8 Å². The molecule has 4 aliphatic carbocycles. The molecule has 0 unspecified atom stereocenters. The molecule has 0 aliphatic heterocycles. The molecule has 1 aromatic carbocycles. The van der Waals surface area contributed by atoms with Crippen LogP contribution in [0, 0.1) is 23.6 Å². The smallest absolute Gasteiger partial charge is 0.287 e. The van der Waals surface area contributed by atoms with Crippen LogP contribution in [0.1, 0.15) is 49.1 Å². The number of carbonyl (C=O) groups is 1. The van der Waals surface area contributed by atoms with Crippen LogP contribution in [-0.2, 0) is 0 Å². The number of carbonyl (C=O) groups excluding carboxylic acids is 1. The molecule has 4 bridgehead atoms. The van der Waals surface area contributed by atoms with E-state index in [1.807, 2.05) is 0 Å². The third-order valence-corrected chi connectivity index (χ3v) is 6.38. The minimum Gasteiger partial charge on any atom is -0.451 e. The van der Waals surface area contributed by atoms with E-state index >= 15 is 0 Å². The lowest BCUT2D eigenvalue weighted by Gasteiger charge is -2.56. The number of hydrogen-bond donors (Lipinski definition) is 1. The molecule has 3 nitrogen and oxygen atoms in total. The highest BCUT2D eigenvalue weighted by Gasteiger charge is 2.51. The van der Waals surface area contributed by atoms with Crippen molar-refractivity contribution in [3.8, 4) is 11.3 Å². The van der Waals surface area contributed by atoms with Crippen LogP contribution in [0.3, 0.4) is 0 Å². The fourth-order valence-electron chi connectivity index (χ4n) is 5.80. The van der Waals surface area contributed by atoms with Crippen molar-refractivity contribution in [3.63, 3.8) is 0 Å². The molecular weight excluding hydrogens is 317 g/mol. The number of furan rings is 1. The molecule has 1 N–H and O–H groups in total. The van der Waals surface area contributed by atoms with Gasteiger partial charge in [-0.2, -0.15) is 0 Å². The molecule has 1 heterocycles. The maximum atomic E-state index is 13.1. The van der Waals surface area contributed by atoms with Gasteiger partial charge in [-0.25, -0.2) is 4.39 Å². The Morgan fingerprint density at radius 3 is 2.16 bits per heavy atom. The second kappa shape index (κ2) is 5.45. The van der Waals surface area contributed by atoms with Gasteiger partial charge in [0.2, 0.25) is 0 Å². The van der Waals surface area contributed by atoms with Crippen LogP contribution in [0.5, 0.6) is 0 Å². The van der Waals surface area contributed by atoms with Crippen LogP contribution in [0.4, 0.5) is 4.39 Å². The zero-order chi connectivity index (χ0) is 17.0. The van der Waals surface area contributed by atoms with E-state index in [-0.39, 0.29) is 17.3 Å². The Labute approximate surface area is 146 Å². The number of amides is 1. The zero-order valence-electron chi connectivity index (χ0n) is 14.1. The minimum absolute atomic E-state index is 0.0192. The summed E-state index contributed by atoms with van der Waals surface area (Å²) in [6.45, 7) is 0. The third-order valence-electron chi connectivity index (χ3n) is 6.38. The molecular formula is C21H22FNO2. The van der Waals surface area contributed by atoms with E-state index in [0.717, 1.165) is 42.6 Å². The lowest BCUT2D eigenvalue weighted by Crippen LogP contribution is -2.59. The summed E-state index contributed by atoms with van der Waals surface area (Å²) in [6.07, 6.45) is 7.42.